The molecule has 1 aromatic heterocycles. The summed E-state index contributed by atoms with van der Waals surface area (Å²) >= 11 is 0. The summed E-state index contributed by atoms with van der Waals surface area (Å²) in [6, 6.07) is 0. The smallest absolute Gasteiger partial charge is 0.191 e. The third kappa shape index (κ3) is 6.37. The maximum atomic E-state index is 4.73. The summed E-state index contributed by atoms with van der Waals surface area (Å²) in [7, 11) is 0. The molecule has 0 radical (unpaired) electrons. The van der Waals surface area contributed by atoms with Gasteiger partial charge in [0.05, 0.1) is 0 Å². The molecule has 0 unspecified atom stereocenters. The molecular formula is C18H34IN7. The van der Waals surface area contributed by atoms with Crippen LogP contribution < -0.4 is 10.6 Å². The van der Waals surface area contributed by atoms with Gasteiger partial charge in [0, 0.05) is 32.6 Å². The van der Waals surface area contributed by atoms with E-state index in [9.17, 15) is 0 Å². The number of aryl methyl sites for hydroxylation is 1. The third-order valence-corrected chi connectivity index (χ3v) is 5.08. The summed E-state index contributed by atoms with van der Waals surface area (Å²) in [5.41, 5.74) is 0. The maximum Gasteiger partial charge on any atom is 0.191 e. The van der Waals surface area contributed by atoms with Gasteiger partial charge in [-0.2, -0.15) is 0 Å². The van der Waals surface area contributed by atoms with Crippen LogP contribution in [0.5, 0.6) is 0 Å². The average Bonchev–Trinajstić information content (AvgIpc) is 2.87. The lowest BCUT2D eigenvalue weighted by Gasteiger charge is -2.26. The van der Waals surface area contributed by atoms with Crippen molar-refractivity contribution >= 4 is 29.9 Å². The topological polar surface area (TPSA) is 70.4 Å². The Bertz CT molecular complexity index is 552. The molecule has 1 aromatic rings. The first-order chi connectivity index (χ1) is 12.4. The zero-order valence-electron chi connectivity index (χ0n) is 16.0. The minimum Gasteiger partial charge on any atom is -0.357 e. The monoisotopic (exact) mass is 475 g/mol. The lowest BCUT2D eigenvalue weighted by molar-refractivity contribution is 0.232. The van der Waals surface area contributed by atoms with Crippen LogP contribution in [-0.4, -0.2) is 58.3 Å². The summed E-state index contributed by atoms with van der Waals surface area (Å²) in [5, 5.41) is 15.5. The van der Waals surface area contributed by atoms with E-state index >= 15 is 0 Å². The summed E-state index contributed by atoms with van der Waals surface area (Å²) in [6.07, 6.45) is 8.84. The van der Waals surface area contributed by atoms with Crippen LogP contribution in [0.4, 0.5) is 0 Å². The lowest BCUT2D eigenvalue weighted by Crippen LogP contribution is -2.42. The van der Waals surface area contributed by atoms with Crippen molar-refractivity contribution in [3.05, 3.63) is 11.6 Å². The van der Waals surface area contributed by atoms with Crippen LogP contribution in [0.3, 0.4) is 0 Å². The predicted molar refractivity (Wildman–Crippen MR) is 116 cm³/mol. The van der Waals surface area contributed by atoms with Gasteiger partial charge in [-0.1, -0.05) is 12.8 Å². The summed E-state index contributed by atoms with van der Waals surface area (Å²) in [4.78, 5) is 7.27. The van der Waals surface area contributed by atoms with E-state index in [1.54, 1.807) is 0 Å². The van der Waals surface area contributed by atoms with E-state index in [0.717, 1.165) is 50.2 Å². The Balaban J connectivity index is 0.00000243. The molecule has 0 amide bonds. The SMILES string of the molecule is CCNC(=NCc1nnc2n1CCCCC2)NCCN1CCCCC1.I. The molecule has 3 rings (SSSR count). The molecule has 0 bridgehead atoms. The fourth-order valence-corrected chi connectivity index (χ4v) is 3.67. The molecule has 0 aliphatic carbocycles. The van der Waals surface area contributed by atoms with Gasteiger partial charge < -0.3 is 20.1 Å². The highest BCUT2D eigenvalue weighted by Gasteiger charge is 2.14. The number of nitrogens with zero attached hydrogens (tertiary/aromatic N) is 5. The van der Waals surface area contributed by atoms with Crippen LogP contribution >= 0.6 is 24.0 Å². The van der Waals surface area contributed by atoms with E-state index in [1.165, 1.54) is 51.6 Å². The predicted octanol–water partition coefficient (Wildman–Crippen LogP) is 2.16. The van der Waals surface area contributed by atoms with E-state index in [0.29, 0.717) is 6.54 Å². The van der Waals surface area contributed by atoms with Crippen molar-refractivity contribution in [1.29, 1.82) is 0 Å². The van der Waals surface area contributed by atoms with E-state index < -0.39 is 0 Å². The van der Waals surface area contributed by atoms with Crippen LogP contribution in [0.1, 0.15) is 57.1 Å². The molecule has 1 fully saturated rings. The molecule has 7 nitrogen and oxygen atoms in total. The Labute approximate surface area is 174 Å². The van der Waals surface area contributed by atoms with Crippen molar-refractivity contribution < 1.29 is 0 Å². The number of piperidine rings is 1. The number of guanidine groups is 1. The molecular weight excluding hydrogens is 441 g/mol. The summed E-state index contributed by atoms with van der Waals surface area (Å²) < 4.78 is 2.27. The molecule has 2 N–H and O–H groups in total. The van der Waals surface area contributed by atoms with Gasteiger partial charge in [0.2, 0.25) is 0 Å². The number of aromatic nitrogens is 3. The second-order valence-corrected chi connectivity index (χ2v) is 7.02. The second-order valence-electron chi connectivity index (χ2n) is 7.02. The van der Waals surface area contributed by atoms with Crippen molar-refractivity contribution in [2.75, 3.05) is 32.7 Å². The van der Waals surface area contributed by atoms with Gasteiger partial charge in [-0.3, -0.25) is 0 Å². The van der Waals surface area contributed by atoms with Gasteiger partial charge in [-0.25, -0.2) is 4.99 Å². The van der Waals surface area contributed by atoms with Crippen LogP contribution in [0.15, 0.2) is 4.99 Å². The molecule has 26 heavy (non-hydrogen) atoms. The molecule has 1 saturated heterocycles. The average molecular weight is 475 g/mol. The Hall–Kier alpha value is -0.900. The molecule has 0 saturated carbocycles. The zero-order chi connectivity index (χ0) is 17.3. The lowest BCUT2D eigenvalue weighted by atomic mass is 10.1. The van der Waals surface area contributed by atoms with Gasteiger partial charge in [-0.15, -0.1) is 34.2 Å². The number of rotatable bonds is 6. The Morgan fingerprint density at radius 3 is 2.58 bits per heavy atom. The van der Waals surface area contributed by atoms with E-state index in [1.807, 2.05) is 0 Å². The first-order valence-electron chi connectivity index (χ1n) is 10.0. The van der Waals surface area contributed by atoms with Crippen LogP contribution in [0, 0.1) is 0 Å². The number of nitrogens with one attached hydrogen (secondary N) is 2. The maximum absolute atomic E-state index is 4.73. The standard InChI is InChI=1S/C18H33N7.HI/c1-2-19-18(20-10-14-24-11-6-4-7-12-24)21-15-17-23-22-16-9-5-3-8-13-25(16)17;/h2-15H2,1H3,(H2,19,20,21);1H. The van der Waals surface area contributed by atoms with E-state index in [4.69, 9.17) is 4.99 Å². The van der Waals surface area contributed by atoms with Crippen molar-refractivity contribution in [2.45, 2.75) is 65.0 Å². The largest absolute Gasteiger partial charge is 0.357 e. The van der Waals surface area contributed by atoms with Crippen molar-refractivity contribution in [3.63, 3.8) is 0 Å². The molecule has 0 spiro atoms. The minimum atomic E-state index is 0. The summed E-state index contributed by atoms with van der Waals surface area (Å²) in [5.74, 6) is 3.00. The molecule has 0 atom stereocenters. The molecule has 3 heterocycles. The highest BCUT2D eigenvalue weighted by Crippen LogP contribution is 2.14. The number of hydrogen-bond acceptors (Lipinski definition) is 4. The normalized spacial score (nSPS) is 18.6. The first-order valence-corrected chi connectivity index (χ1v) is 10.0. The molecule has 8 heteroatoms. The highest BCUT2D eigenvalue weighted by molar-refractivity contribution is 14.0. The summed E-state index contributed by atoms with van der Waals surface area (Å²) in [6.45, 7) is 9.09. The number of halogens is 1. The van der Waals surface area contributed by atoms with E-state index in [2.05, 4.69) is 37.2 Å². The van der Waals surface area contributed by atoms with E-state index in [-0.39, 0.29) is 24.0 Å². The quantitative estimate of drug-likeness (QED) is 0.375. The number of likely N-dealkylation sites (tertiary alicyclic amines) is 1. The Morgan fingerprint density at radius 2 is 1.77 bits per heavy atom. The zero-order valence-corrected chi connectivity index (χ0v) is 18.4. The molecule has 148 valence electrons. The van der Waals surface area contributed by atoms with Crippen LogP contribution in [-0.2, 0) is 19.5 Å². The Kier molecular flexibility index (Phi) is 9.66. The molecule has 2 aliphatic rings. The fraction of sp³-hybridized carbons (Fsp3) is 0.833. The van der Waals surface area contributed by atoms with Crippen LogP contribution in [0.25, 0.3) is 0 Å². The third-order valence-electron chi connectivity index (χ3n) is 5.08. The molecule has 2 aliphatic heterocycles. The van der Waals surface area contributed by atoms with Gasteiger partial charge in [0.25, 0.3) is 0 Å². The number of hydrogen-bond donors (Lipinski definition) is 2. The van der Waals surface area contributed by atoms with Gasteiger partial charge in [0.1, 0.15) is 12.4 Å². The first kappa shape index (κ1) is 21.4. The number of aliphatic imine (C=N–C) groups is 1. The van der Waals surface area contributed by atoms with Crippen molar-refractivity contribution in [2.24, 2.45) is 4.99 Å². The molecule has 0 aromatic carbocycles. The van der Waals surface area contributed by atoms with Gasteiger partial charge >= 0.3 is 0 Å². The van der Waals surface area contributed by atoms with Gasteiger partial charge in [0.15, 0.2) is 11.8 Å². The second kappa shape index (κ2) is 11.7. The number of fused-ring (bicyclic) bond motifs is 1. The van der Waals surface area contributed by atoms with Crippen molar-refractivity contribution in [3.8, 4) is 0 Å². The van der Waals surface area contributed by atoms with Gasteiger partial charge in [-0.05, 0) is 45.7 Å². The fourth-order valence-electron chi connectivity index (χ4n) is 3.67. The minimum absolute atomic E-state index is 0. The Morgan fingerprint density at radius 1 is 1.00 bits per heavy atom. The van der Waals surface area contributed by atoms with Crippen molar-refractivity contribution in [1.82, 2.24) is 30.3 Å². The highest BCUT2D eigenvalue weighted by atomic mass is 127. The van der Waals surface area contributed by atoms with Crippen LogP contribution in [0.2, 0.25) is 0 Å².